The summed E-state index contributed by atoms with van der Waals surface area (Å²) in [5.41, 5.74) is 0.873. The largest absolute Gasteiger partial charge is 0.342 e. The van der Waals surface area contributed by atoms with E-state index in [1.54, 1.807) is 0 Å². The molecule has 1 saturated heterocycles. The lowest BCUT2D eigenvalue weighted by atomic mass is 9.77. The van der Waals surface area contributed by atoms with Crippen molar-refractivity contribution in [2.45, 2.75) is 44.4 Å². The highest BCUT2D eigenvalue weighted by Crippen LogP contribution is 2.43. The van der Waals surface area contributed by atoms with E-state index >= 15 is 0 Å². The standard InChI is InChI=1S/C17H22ClNO/c1-13-8-11-19(12-13)16(20)17(9-2-3-10-17)14-4-6-15(18)7-5-14/h4-7,13H,2-3,8-12H2,1H3. The first-order valence-corrected chi connectivity index (χ1v) is 8.05. The van der Waals surface area contributed by atoms with Gasteiger partial charge in [0.1, 0.15) is 0 Å². The molecule has 108 valence electrons. The number of hydrogen-bond acceptors (Lipinski definition) is 1. The van der Waals surface area contributed by atoms with Gasteiger partial charge in [-0.3, -0.25) is 4.79 Å². The second kappa shape index (κ2) is 5.40. The molecule has 0 spiro atoms. The van der Waals surface area contributed by atoms with Gasteiger partial charge in [0.05, 0.1) is 5.41 Å². The van der Waals surface area contributed by atoms with E-state index < -0.39 is 0 Å². The molecule has 1 unspecified atom stereocenters. The van der Waals surface area contributed by atoms with Crippen LogP contribution in [0.1, 0.15) is 44.6 Å². The Balaban J connectivity index is 1.91. The highest BCUT2D eigenvalue weighted by Gasteiger charge is 2.45. The van der Waals surface area contributed by atoms with Gasteiger partial charge in [-0.15, -0.1) is 0 Å². The molecule has 1 saturated carbocycles. The van der Waals surface area contributed by atoms with E-state index in [9.17, 15) is 4.79 Å². The van der Waals surface area contributed by atoms with Gasteiger partial charge >= 0.3 is 0 Å². The lowest BCUT2D eigenvalue weighted by Gasteiger charge is -2.33. The van der Waals surface area contributed by atoms with Crippen LogP contribution in [0.2, 0.25) is 5.02 Å². The molecule has 2 fully saturated rings. The second-order valence-corrected chi connectivity index (χ2v) is 6.88. The summed E-state index contributed by atoms with van der Waals surface area (Å²) in [5, 5.41) is 0.740. The Hall–Kier alpha value is -1.02. The molecule has 1 atom stereocenters. The highest BCUT2D eigenvalue weighted by atomic mass is 35.5. The SMILES string of the molecule is CC1CCN(C(=O)C2(c3ccc(Cl)cc3)CCCC2)C1. The first kappa shape index (κ1) is 13.9. The summed E-state index contributed by atoms with van der Waals surface area (Å²) in [4.78, 5) is 15.2. The number of carbonyl (C=O) groups is 1. The van der Waals surface area contributed by atoms with E-state index in [0.29, 0.717) is 11.8 Å². The van der Waals surface area contributed by atoms with Crippen LogP contribution in [0.25, 0.3) is 0 Å². The average molecular weight is 292 g/mol. The van der Waals surface area contributed by atoms with E-state index in [1.807, 2.05) is 24.3 Å². The van der Waals surface area contributed by atoms with Crippen molar-refractivity contribution in [3.05, 3.63) is 34.9 Å². The van der Waals surface area contributed by atoms with Gasteiger partial charge in [-0.25, -0.2) is 0 Å². The maximum absolute atomic E-state index is 13.1. The van der Waals surface area contributed by atoms with Gasteiger partial charge in [-0.1, -0.05) is 43.5 Å². The zero-order chi connectivity index (χ0) is 14.2. The van der Waals surface area contributed by atoms with Gasteiger partial charge in [0.25, 0.3) is 0 Å². The zero-order valence-corrected chi connectivity index (χ0v) is 12.8. The Labute approximate surface area is 126 Å². The van der Waals surface area contributed by atoms with Crippen LogP contribution in [0.5, 0.6) is 0 Å². The first-order chi connectivity index (χ1) is 9.62. The van der Waals surface area contributed by atoms with Gasteiger partial charge in [0.2, 0.25) is 5.91 Å². The Morgan fingerprint density at radius 1 is 1.25 bits per heavy atom. The van der Waals surface area contributed by atoms with Crippen molar-refractivity contribution in [1.82, 2.24) is 4.90 Å². The summed E-state index contributed by atoms with van der Waals surface area (Å²) >= 11 is 5.99. The minimum atomic E-state index is -0.283. The zero-order valence-electron chi connectivity index (χ0n) is 12.1. The van der Waals surface area contributed by atoms with Crippen LogP contribution in [0.15, 0.2) is 24.3 Å². The third-order valence-electron chi connectivity index (χ3n) is 4.97. The second-order valence-electron chi connectivity index (χ2n) is 6.44. The van der Waals surface area contributed by atoms with E-state index in [1.165, 1.54) is 0 Å². The number of hydrogen-bond donors (Lipinski definition) is 0. The Bertz CT molecular complexity index is 490. The lowest BCUT2D eigenvalue weighted by Crippen LogP contribution is -2.44. The van der Waals surface area contributed by atoms with E-state index in [0.717, 1.165) is 55.8 Å². The summed E-state index contributed by atoms with van der Waals surface area (Å²) in [6.45, 7) is 4.08. The summed E-state index contributed by atoms with van der Waals surface area (Å²) in [6.07, 6.45) is 5.41. The van der Waals surface area contributed by atoms with Crippen molar-refractivity contribution in [1.29, 1.82) is 0 Å². The molecule has 0 bridgehead atoms. The molecular formula is C17H22ClNO. The molecule has 3 rings (SSSR count). The fraction of sp³-hybridized carbons (Fsp3) is 0.588. The quantitative estimate of drug-likeness (QED) is 0.806. The van der Waals surface area contributed by atoms with E-state index in [-0.39, 0.29) is 5.41 Å². The third kappa shape index (κ3) is 2.35. The van der Waals surface area contributed by atoms with Crippen LogP contribution in [-0.4, -0.2) is 23.9 Å². The molecular weight excluding hydrogens is 270 g/mol. The van der Waals surface area contributed by atoms with Gasteiger partial charge in [0, 0.05) is 18.1 Å². The number of nitrogens with zero attached hydrogens (tertiary/aromatic N) is 1. The molecule has 1 aliphatic carbocycles. The number of halogens is 1. The number of likely N-dealkylation sites (tertiary alicyclic amines) is 1. The maximum Gasteiger partial charge on any atom is 0.233 e. The molecule has 20 heavy (non-hydrogen) atoms. The van der Waals surface area contributed by atoms with Crippen LogP contribution >= 0.6 is 11.6 Å². The van der Waals surface area contributed by atoms with Crippen LogP contribution in [0.4, 0.5) is 0 Å². The normalized spacial score (nSPS) is 25.1. The van der Waals surface area contributed by atoms with Crippen molar-refractivity contribution < 1.29 is 4.79 Å². The van der Waals surface area contributed by atoms with Gasteiger partial charge in [-0.2, -0.15) is 0 Å². The Morgan fingerprint density at radius 2 is 1.90 bits per heavy atom. The van der Waals surface area contributed by atoms with Crippen LogP contribution in [0, 0.1) is 5.92 Å². The monoisotopic (exact) mass is 291 g/mol. The molecule has 0 radical (unpaired) electrons. The summed E-state index contributed by atoms with van der Waals surface area (Å²) in [7, 11) is 0. The highest BCUT2D eigenvalue weighted by molar-refractivity contribution is 6.30. The summed E-state index contributed by atoms with van der Waals surface area (Å²) in [6, 6.07) is 7.92. The number of benzene rings is 1. The van der Waals surface area contributed by atoms with Crippen molar-refractivity contribution in [3.63, 3.8) is 0 Å². The molecule has 3 heteroatoms. The van der Waals surface area contributed by atoms with Crippen molar-refractivity contribution in [3.8, 4) is 0 Å². The smallest absolute Gasteiger partial charge is 0.233 e. The van der Waals surface area contributed by atoms with E-state index in [2.05, 4.69) is 11.8 Å². The molecule has 0 N–H and O–H groups in total. The average Bonchev–Trinajstić information content (AvgIpc) is 3.08. The Kier molecular flexibility index (Phi) is 3.76. The Morgan fingerprint density at radius 3 is 2.45 bits per heavy atom. The molecule has 2 nitrogen and oxygen atoms in total. The predicted molar refractivity (Wildman–Crippen MR) is 82.0 cm³/mol. The van der Waals surface area contributed by atoms with E-state index in [4.69, 9.17) is 11.6 Å². The molecule has 1 heterocycles. The number of rotatable bonds is 2. The number of carbonyl (C=O) groups excluding carboxylic acids is 1. The van der Waals surface area contributed by atoms with Crippen LogP contribution < -0.4 is 0 Å². The summed E-state index contributed by atoms with van der Waals surface area (Å²) in [5.74, 6) is 0.990. The van der Waals surface area contributed by atoms with Crippen molar-refractivity contribution in [2.75, 3.05) is 13.1 Å². The minimum absolute atomic E-state index is 0.283. The topological polar surface area (TPSA) is 20.3 Å². The van der Waals surface area contributed by atoms with Crippen molar-refractivity contribution >= 4 is 17.5 Å². The number of amides is 1. The molecule has 0 aromatic heterocycles. The molecule has 2 aliphatic rings. The molecule has 1 aromatic carbocycles. The fourth-order valence-corrected chi connectivity index (χ4v) is 3.92. The fourth-order valence-electron chi connectivity index (χ4n) is 3.80. The maximum atomic E-state index is 13.1. The van der Waals surface area contributed by atoms with Gasteiger partial charge < -0.3 is 4.90 Å². The van der Waals surface area contributed by atoms with Crippen LogP contribution in [-0.2, 0) is 10.2 Å². The molecule has 1 aliphatic heterocycles. The first-order valence-electron chi connectivity index (χ1n) is 7.67. The third-order valence-corrected chi connectivity index (χ3v) is 5.23. The van der Waals surface area contributed by atoms with Gasteiger partial charge in [0.15, 0.2) is 0 Å². The van der Waals surface area contributed by atoms with Gasteiger partial charge in [-0.05, 0) is 42.9 Å². The van der Waals surface area contributed by atoms with Crippen molar-refractivity contribution in [2.24, 2.45) is 5.92 Å². The summed E-state index contributed by atoms with van der Waals surface area (Å²) < 4.78 is 0. The van der Waals surface area contributed by atoms with Crippen LogP contribution in [0.3, 0.4) is 0 Å². The molecule has 1 amide bonds. The molecule has 1 aromatic rings. The minimum Gasteiger partial charge on any atom is -0.342 e. The lowest BCUT2D eigenvalue weighted by molar-refractivity contribution is -0.136. The predicted octanol–water partition coefficient (Wildman–Crippen LogP) is 4.02.